The molecule has 0 amide bonds. The lowest BCUT2D eigenvalue weighted by molar-refractivity contribution is 0.444. The van der Waals surface area contributed by atoms with E-state index in [-0.39, 0.29) is 0 Å². The van der Waals surface area contributed by atoms with Crippen LogP contribution < -0.4 is 0 Å². The summed E-state index contributed by atoms with van der Waals surface area (Å²) in [4.78, 5) is 0. The zero-order valence-electron chi connectivity index (χ0n) is 8.46. The van der Waals surface area contributed by atoms with Gasteiger partial charge in [-0.25, -0.2) is 0 Å². The van der Waals surface area contributed by atoms with Crippen LogP contribution >= 0.6 is 0 Å². The fourth-order valence-electron chi connectivity index (χ4n) is 1.63. The highest BCUT2D eigenvalue weighted by Gasteiger charge is 2.07. The topological polar surface area (TPSA) is 17.8 Å². The van der Waals surface area contributed by atoms with Crippen LogP contribution in [0.1, 0.15) is 44.1 Å². The molecule has 0 bridgehead atoms. The maximum absolute atomic E-state index is 4.45. The minimum absolute atomic E-state index is 0.545. The maximum Gasteiger partial charge on any atom is 0.0596 e. The van der Waals surface area contributed by atoms with Gasteiger partial charge in [-0.1, -0.05) is 13.3 Å². The van der Waals surface area contributed by atoms with Crippen molar-refractivity contribution in [2.24, 2.45) is 0 Å². The van der Waals surface area contributed by atoms with Crippen molar-refractivity contribution in [2.75, 3.05) is 0 Å². The summed E-state index contributed by atoms with van der Waals surface area (Å²) in [7, 11) is 0. The molecule has 2 heteroatoms. The second kappa shape index (κ2) is 3.74. The summed E-state index contributed by atoms with van der Waals surface area (Å²) in [6, 6.07) is 2.68. The molecule has 1 heterocycles. The second-order valence-corrected chi connectivity index (χ2v) is 3.51. The van der Waals surface area contributed by atoms with Crippen LogP contribution in [0.3, 0.4) is 0 Å². The summed E-state index contributed by atoms with van der Waals surface area (Å²) in [5, 5.41) is 4.45. The van der Waals surface area contributed by atoms with E-state index in [2.05, 4.69) is 36.6 Å². The van der Waals surface area contributed by atoms with Gasteiger partial charge in [0, 0.05) is 11.7 Å². The second-order valence-electron chi connectivity index (χ2n) is 3.51. The van der Waals surface area contributed by atoms with Gasteiger partial charge in [0.05, 0.1) is 5.69 Å². The molecule has 0 saturated heterocycles. The van der Waals surface area contributed by atoms with Crippen LogP contribution in [0.15, 0.2) is 6.07 Å². The molecule has 0 fully saturated rings. The largest absolute Gasteiger partial charge is 0.267 e. The summed E-state index contributed by atoms with van der Waals surface area (Å²) in [6.07, 6.45) is 2.43. The van der Waals surface area contributed by atoms with Gasteiger partial charge in [0.1, 0.15) is 0 Å². The Labute approximate surface area is 74.6 Å². The van der Waals surface area contributed by atoms with E-state index < -0.39 is 0 Å². The van der Waals surface area contributed by atoms with Crippen LogP contribution in [0.2, 0.25) is 0 Å². The Bertz CT molecular complexity index is 250. The Hall–Kier alpha value is -0.790. The van der Waals surface area contributed by atoms with Crippen molar-refractivity contribution < 1.29 is 0 Å². The molecule has 2 nitrogen and oxygen atoms in total. The van der Waals surface area contributed by atoms with Gasteiger partial charge in [0.2, 0.25) is 0 Å². The number of rotatable bonds is 3. The van der Waals surface area contributed by atoms with Crippen LogP contribution in [-0.2, 0) is 0 Å². The van der Waals surface area contributed by atoms with Gasteiger partial charge < -0.3 is 0 Å². The summed E-state index contributed by atoms with van der Waals surface area (Å²) in [5.74, 6) is 0. The van der Waals surface area contributed by atoms with E-state index in [1.165, 1.54) is 18.5 Å². The van der Waals surface area contributed by atoms with Crippen LogP contribution in [0.4, 0.5) is 0 Å². The lowest BCUT2D eigenvalue weighted by Gasteiger charge is -2.12. The van der Waals surface area contributed by atoms with Crippen LogP contribution in [0.25, 0.3) is 0 Å². The van der Waals surface area contributed by atoms with Crippen molar-refractivity contribution >= 4 is 0 Å². The van der Waals surface area contributed by atoms with E-state index in [4.69, 9.17) is 0 Å². The smallest absolute Gasteiger partial charge is 0.0596 e. The Morgan fingerprint density at radius 1 is 1.50 bits per heavy atom. The number of aromatic nitrogens is 2. The zero-order valence-corrected chi connectivity index (χ0v) is 8.46. The normalized spacial score (nSPS) is 13.3. The lowest BCUT2D eigenvalue weighted by Crippen LogP contribution is -2.08. The zero-order chi connectivity index (χ0) is 9.14. The predicted octanol–water partition coefficient (Wildman–Crippen LogP) is 2.86. The van der Waals surface area contributed by atoms with Crippen LogP contribution in [0.5, 0.6) is 0 Å². The fraction of sp³-hybridized carbons (Fsp3) is 0.700. The Morgan fingerprint density at radius 2 is 2.17 bits per heavy atom. The molecule has 0 aromatic carbocycles. The molecule has 1 unspecified atom stereocenters. The van der Waals surface area contributed by atoms with E-state index in [0.717, 1.165) is 5.69 Å². The van der Waals surface area contributed by atoms with Crippen molar-refractivity contribution in [3.63, 3.8) is 0 Å². The molecule has 0 radical (unpaired) electrons. The SMILES string of the molecule is CCCC(C)n1nc(C)cc1C. The Kier molecular flexibility index (Phi) is 2.90. The summed E-state index contributed by atoms with van der Waals surface area (Å²) in [6.45, 7) is 8.60. The first-order chi connectivity index (χ1) is 5.65. The van der Waals surface area contributed by atoms with Gasteiger partial charge in [0.15, 0.2) is 0 Å². The molecule has 1 rings (SSSR count). The van der Waals surface area contributed by atoms with E-state index in [1.807, 2.05) is 6.92 Å². The number of nitrogens with zero attached hydrogens (tertiary/aromatic N) is 2. The van der Waals surface area contributed by atoms with E-state index >= 15 is 0 Å². The first-order valence-electron chi connectivity index (χ1n) is 4.68. The predicted molar refractivity (Wildman–Crippen MR) is 51.3 cm³/mol. The highest BCUT2D eigenvalue weighted by atomic mass is 15.3. The van der Waals surface area contributed by atoms with Crippen molar-refractivity contribution in [1.82, 2.24) is 9.78 Å². The van der Waals surface area contributed by atoms with Gasteiger partial charge in [-0.15, -0.1) is 0 Å². The van der Waals surface area contributed by atoms with Gasteiger partial charge >= 0.3 is 0 Å². The van der Waals surface area contributed by atoms with Crippen molar-refractivity contribution in [2.45, 2.75) is 46.6 Å². The maximum atomic E-state index is 4.45. The minimum Gasteiger partial charge on any atom is -0.267 e. The fourth-order valence-corrected chi connectivity index (χ4v) is 1.63. The first kappa shape index (κ1) is 9.30. The molecule has 0 aliphatic carbocycles. The van der Waals surface area contributed by atoms with Gasteiger partial charge in [-0.05, 0) is 33.3 Å². The molecule has 12 heavy (non-hydrogen) atoms. The highest BCUT2D eigenvalue weighted by Crippen LogP contribution is 2.15. The molecule has 68 valence electrons. The third-order valence-corrected chi connectivity index (χ3v) is 2.17. The average Bonchev–Trinajstić information content (AvgIpc) is 2.30. The van der Waals surface area contributed by atoms with Crippen molar-refractivity contribution in [1.29, 1.82) is 0 Å². The van der Waals surface area contributed by atoms with E-state index in [0.29, 0.717) is 6.04 Å². The lowest BCUT2D eigenvalue weighted by atomic mass is 10.2. The molecule has 0 N–H and O–H groups in total. The molecule has 1 atom stereocenters. The third-order valence-electron chi connectivity index (χ3n) is 2.17. The van der Waals surface area contributed by atoms with Gasteiger partial charge in [-0.2, -0.15) is 5.10 Å². The van der Waals surface area contributed by atoms with Gasteiger partial charge in [0.25, 0.3) is 0 Å². The molecule has 0 aliphatic rings. The first-order valence-corrected chi connectivity index (χ1v) is 4.68. The minimum atomic E-state index is 0.545. The summed E-state index contributed by atoms with van der Waals surface area (Å²) >= 11 is 0. The number of hydrogen-bond donors (Lipinski definition) is 0. The van der Waals surface area contributed by atoms with E-state index in [1.54, 1.807) is 0 Å². The summed E-state index contributed by atoms with van der Waals surface area (Å²) in [5.41, 5.74) is 2.39. The molecule has 0 spiro atoms. The van der Waals surface area contributed by atoms with Crippen LogP contribution in [0, 0.1) is 13.8 Å². The average molecular weight is 166 g/mol. The quantitative estimate of drug-likeness (QED) is 0.675. The number of hydrogen-bond acceptors (Lipinski definition) is 1. The number of aryl methyl sites for hydroxylation is 2. The molecule has 0 saturated carbocycles. The molecular weight excluding hydrogens is 148 g/mol. The molecule has 0 aliphatic heterocycles. The third kappa shape index (κ3) is 1.87. The standard InChI is InChI=1S/C10H18N2/c1-5-6-9(3)12-10(4)7-8(2)11-12/h7,9H,5-6H2,1-4H3. The van der Waals surface area contributed by atoms with Crippen molar-refractivity contribution in [3.05, 3.63) is 17.5 Å². The Morgan fingerprint density at radius 3 is 2.58 bits per heavy atom. The Balaban J connectivity index is 2.79. The molecule has 1 aromatic rings. The monoisotopic (exact) mass is 166 g/mol. The van der Waals surface area contributed by atoms with E-state index in [9.17, 15) is 0 Å². The highest BCUT2D eigenvalue weighted by molar-refractivity contribution is 5.07. The van der Waals surface area contributed by atoms with Crippen molar-refractivity contribution in [3.8, 4) is 0 Å². The summed E-state index contributed by atoms with van der Waals surface area (Å²) < 4.78 is 2.12. The molecular formula is C10H18N2. The molecule has 1 aromatic heterocycles. The van der Waals surface area contributed by atoms with Crippen LogP contribution in [-0.4, -0.2) is 9.78 Å². The van der Waals surface area contributed by atoms with Gasteiger partial charge in [-0.3, -0.25) is 4.68 Å².